The predicted octanol–water partition coefficient (Wildman–Crippen LogP) is 4.13. The van der Waals surface area contributed by atoms with Gasteiger partial charge in [0.15, 0.2) is 11.5 Å². The SMILES string of the molecule is COc1ccc(C(C#N)=Cc2cc(Cl)ccc2O)cc1OC. The van der Waals surface area contributed by atoms with Crippen molar-refractivity contribution in [3.05, 3.63) is 52.5 Å². The van der Waals surface area contributed by atoms with Gasteiger partial charge in [-0.1, -0.05) is 11.6 Å². The van der Waals surface area contributed by atoms with Gasteiger partial charge in [-0.2, -0.15) is 5.26 Å². The minimum Gasteiger partial charge on any atom is -0.507 e. The molecule has 0 amide bonds. The van der Waals surface area contributed by atoms with Crippen molar-refractivity contribution in [3.63, 3.8) is 0 Å². The lowest BCUT2D eigenvalue weighted by atomic mass is 10.0. The minimum atomic E-state index is 0.0534. The Hall–Kier alpha value is -2.64. The number of halogens is 1. The maximum absolute atomic E-state index is 9.85. The van der Waals surface area contributed by atoms with Crippen molar-refractivity contribution in [2.45, 2.75) is 0 Å². The summed E-state index contributed by atoms with van der Waals surface area (Å²) in [7, 11) is 3.07. The monoisotopic (exact) mass is 315 g/mol. The molecule has 5 heteroatoms. The predicted molar refractivity (Wildman–Crippen MR) is 86.1 cm³/mol. The Morgan fingerprint density at radius 2 is 1.86 bits per heavy atom. The highest BCUT2D eigenvalue weighted by atomic mass is 35.5. The molecule has 0 bridgehead atoms. The molecule has 0 spiro atoms. The highest BCUT2D eigenvalue weighted by Crippen LogP contribution is 2.32. The van der Waals surface area contributed by atoms with Crippen molar-refractivity contribution in [1.29, 1.82) is 5.26 Å². The molecule has 0 unspecified atom stereocenters. The third kappa shape index (κ3) is 3.33. The summed E-state index contributed by atoms with van der Waals surface area (Å²) in [5.74, 6) is 1.16. The van der Waals surface area contributed by atoms with Gasteiger partial charge in [0.2, 0.25) is 0 Å². The Balaban J connectivity index is 2.50. The molecular formula is C17H14ClNO3. The van der Waals surface area contributed by atoms with Crippen LogP contribution in [0.25, 0.3) is 11.6 Å². The standard InChI is InChI=1S/C17H14ClNO3/c1-21-16-6-3-11(9-17(16)22-2)13(10-19)7-12-8-14(18)4-5-15(12)20/h3-9,20H,1-2H3. The van der Waals surface area contributed by atoms with Gasteiger partial charge in [0, 0.05) is 10.6 Å². The fourth-order valence-corrected chi connectivity index (χ4v) is 2.16. The van der Waals surface area contributed by atoms with Crippen LogP contribution in [0.5, 0.6) is 17.2 Å². The second-order valence-electron chi connectivity index (χ2n) is 4.44. The molecule has 2 aromatic carbocycles. The van der Waals surface area contributed by atoms with Crippen molar-refractivity contribution >= 4 is 23.3 Å². The highest BCUT2D eigenvalue weighted by Gasteiger charge is 2.09. The summed E-state index contributed by atoms with van der Waals surface area (Å²) in [5, 5.41) is 19.7. The molecule has 0 aliphatic heterocycles. The van der Waals surface area contributed by atoms with E-state index in [0.717, 1.165) is 0 Å². The van der Waals surface area contributed by atoms with Crippen LogP contribution in [0, 0.1) is 11.3 Å². The Labute approximate surface area is 133 Å². The Bertz CT molecular complexity index is 763. The average Bonchev–Trinajstić information content (AvgIpc) is 2.55. The number of phenolic OH excluding ortho intramolecular Hbond substituents is 1. The molecule has 2 aromatic rings. The fraction of sp³-hybridized carbons (Fsp3) is 0.118. The second-order valence-corrected chi connectivity index (χ2v) is 4.88. The number of nitriles is 1. The van der Waals surface area contributed by atoms with Crippen molar-refractivity contribution in [3.8, 4) is 23.3 Å². The van der Waals surface area contributed by atoms with Gasteiger partial charge in [0.05, 0.1) is 25.9 Å². The van der Waals surface area contributed by atoms with E-state index in [1.54, 1.807) is 43.5 Å². The number of hydrogen-bond acceptors (Lipinski definition) is 4. The Kier molecular flexibility index (Phi) is 4.92. The van der Waals surface area contributed by atoms with Gasteiger partial charge in [0.25, 0.3) is 0 Å². The fourth-order valence-electron chi connectivity index (χ4n) is 1.98. The topological polar surface area (TPSA) is 62.5 Å². The lowest BCUT2D eigenvalue weighted by Gasteiger charge is -2.09. The molecule has 2 rings (SSSR count). The molecular weight excluding hydrogens is 302 g/mol. The van der Waals surface area contributed by atoms with E-state index in [-0.39, 0.29) is 5.75 Å². The summed E-state index contributed by atoms with van der Waals surface area (Å²) in [5.41, 5.74) is 1.50. The van der Waals surface area contributed by atoms with Crippen molar-refractivity contribution in [2.75, 3.05) is 14.2 Å². The number of benzene rings is 2. The largest absolute Gasteiger partial charge is 0.507 e. The number of phenols is 1. The van der Waals surface area contributed by atoms with Gasteiger partial charge >= 0.3 is 0 Å². The third-order valence-corrected chi connectivity index (χ3v) is 3.34. The minimum absolute atomic E-state index is 0.0534. The van der Waals surface area contributed by atoms with Gasteiger partial charge < -0.3 is 14.6 Å². The zero-order valence-corrected chi connectivity index (χ0v) is 12.9. The number of methoxy groups -OCH3 is 2. The van der Waals surface area contributed by atoms with Gasteiger partial charge in [-0.15, -0.1) is 0 Å². The summed E-state index contributed by atoms with van der Waals surface area (Å²) < 4.78 is 10.4. The van der Waals surface area contributed by atoms with Crippen LogP contribution in [0.4, 0.5) is 0 Å². The molecule has 1 N–H and O–H groups in total. The number of hydrogen-bond donors (Lipinski definition) is 1. The molecule has 0 saturated heterocycles. The van der Waals surface area contributed by atoms with Crippen molar-refractivity contribution in [1.82, 2.24) is 0 Å². The van der Waals surface area contributed by atoms with E-state index in [1.165, 1.54) is 13.2 Å². The quantitative estimate of drug-likeness (QED) is 0.680. The molecule has 22 heavy (non-hydrogen) atoms. The lowest BCUT2D eigenvalue weighted by Crippen LogP contribution is -1.92. The first-order valence-corrected chi connectivity index (χ1v) is 6.79. The average molecular weight is 316 g/mol. The smallest absolute Gasteiger partial charge is 0.161 e. The van der Waals surface area contributed by atoms with E-state index in [2.05, 4.69) is 6.07 Å². The molecule has 0 aliphatic rings. The highest BCUT2D eigenvalue weighted by molar-refractivity contribution is 6.30. The van der Waals surface area contributed by atoms with E-state index < -0.39 is 0 Å². The number of aromatic hydroxyl groups is 1. The molecule has 112 valence electrons. The molecule has 0 fully saturated rings. The molecule has 0 radical (unpaired) electrons. The zero-order chi connectivity index (χ0) is 16.1. The van der Waals surface area contributed by atoms with Gasteiger partial charge in [-0.3, -0.25) is 0 Å². The van der Waals surface area contributed by atoms with Crippen LogP contribution < -0.4 is 9.47 Å². The van der Waals surface area contributed by atoms with E-state index >= 15 is 0 Å². The summed E-state index contributed by atoms with van der Waals surface area (Å²) in [6.07, 6.45) is 1.57. The van der Waals surface area contributed by atoms with Gasteiger partial charge in [-0.25, -0.2) is 0 Å². The Morgan fingerprint density at radius 3 is 2.50 bits per heavy atom. The van der Waals surface area contributed by atoms with Crippen LogP contribution in [0.3, 0.4) is 0 Å². The second kappa shape index (κ2) is 6.88. The number of rotatable bonds is 4. The van der Waals surface area contributed by atoms with Crippen LogP contribution >= 0.6 is 11.6 Å². The van der Waals surface area contributed by atoms with E-state index in [0.29, 0.717) is 33.2 Å². The van der Waals surface area contributed by atoms with Crippen LogP contribution in [-0.4, -0.2) is 19.3 Å². The van der Waals surface area contributed by atoms with Crippen molar-refractivity contribution in [2.24, 2.45) is 0 Å². The zero-order valence-electron chi connectivity index (χ0n) is 12.1. The van der Waals surface area contributed by atoms with Crippen LogP contribution in [0.2, 0.25) is 5.02 Å². The summed E-state index contributed by atoms with van der Waals surface area (Å²) in [6, 6.07) is 11.9. The molecule has 4 nitrogen and oxygen atoms in total. The van der Waals surface area contributed by atoms with Gasteiger partial charge in [-0.05, 0) is 48.0 Å². The van der Waals surface area contributed by atoms with Crippen LogP contribution in [-0.2, 0) is 0 Å². The first-order valence-electron chi connectivity index (χ1n) is 6.41. The summed E-state index contributed by atoms with van der Waals surface area (Å²) >= 11 is 5.92. The maximum Gasteiger partial charge on any atom is 0.161 e. The van der Waals surface area contributed by atoms with Crippen LogP contribution in [0.1, 0.15) is 11.1 Å². The molecule has 0 aromatic heterocycles. The van der Waals surface area contributed by atoms with Gasteiger partial charge in [0.1, 0.15) is 5.75 Å². The first-order chi connectivity index (χ1) is 10.6. The summed E-state index contributed by atoms with van der Waals surface area (Å²) in [4.78, 5) is 0. The molecule has 0 atom stereocenters. The molecule has 0 saturated carbocycles. The number of allylic oxidation sites excluding steroid dienone is 1. The van der Waals surface area contributed by atoms with E-state index in [1.807, 2.05) is 0 Å². The van der Waals surface area contributed by atoms with E-state index in [4.69, 9.17) is 21.1 Å². The summed E-state index contributed by atoms with van der Waals surface area (Å²) in [6.45, 7) is 0. The normalized spacial score (nSPS) is 10.9. The Morgan fingerprint density at radius 1 is 1.14 bits per heavy atom. The lowest BCUT2D eigenvalue weighted by molar-refractivity contribution is 0.355. The molecule has 0 aliphatic carbocycles. The maximum atomic E-state index is 9.85. The third-order valence-electron chi connectivity index (χ3n) is 3.10. The van der Waals surface area contributed by atoms with Crippen molar-refractivity contribution < 1.29 is 14.6 Å². The first kappa shape index (κ1) is 15.7. The number of ether oxygens (including phenoxy) is 2. The van der Waals surface area contributed by atoms with E-state index in [9.17, 15) is 10.4 Å². The number of nitrogens with zero attached hydrogens (tertiary/aromatic N) is 1. The molecule has 0 heterocycles. The van der Waals surface area contributed by atoms with Crippen LogP contribution in [0.15, 0.2) is 36.4 Å².